The van der Waals surface area contributed by atoms with Gasteiger partial charge >= 0.3 is 0 Å². The standard InChI is InChI=1S/C30H50O4/c1-25(2)22-15-30(18-32)16-26(3)12-9-20-27(4,14-11-24(34)29(20,6)17-31)19(26)7-8-21(30)28(22,5)13-10-23(25)33/h18-24,31,33-34H,7-17H2,1-6H3/t19-,20+,21+,22-,23+,24+,26-,27+,28+,29+,30+/m0/s1. The van der Waals surface area contributed by atoms with Gasteiger partial charge in [-0.3, -0.25) is 0 Å². The molecule has 5 fully saturated rings. The van der Waals surface area contributed by atoms with Crippen LogP contribution in [0, 0.1) is 56.2 Å². The SMILES string of the molecule is CC1(C)[C@H](O)CC[C@@]2(C)[C@H]1C[C@]1(C=O)C[C@]3(C)CC[C@@H]4[C@](C)(CC[C@@H](O)[C@]4(C)CO)[C@H]3CC[C@@H]12. The van der Waals surface area contributed by atoms with Gasteiger partial charge < -0.3 is 20.1 Å². The summed E-state index contributed by atoms with van der Waals surface area (Å²) >= 11 is 0. The molecule has 0 aromatic carbocycles. The highest BCUT2D eigenvalue weighted by Crippen LogP contribution is 2.75. The fraction of sp³-hybridized carbons (Fsp3) is 0.967. The molecule has 0 radical (unpaired) electrons. The molecule has 5 saturated carbocycles. The van der Waals surface area contributed by atoms with E-state index in [2.05, 4.69) is 41.5 Å². The molecule has 194 valence electrons. The Morgan fingerprint density at radius 3 is 1.94 bits per heavy atom. The van der Waals surface area contributed by atoms with E-state index in [1.54, 1.807) is 0 Å². The molecular formula is C30H50O4. The number of fused-ring (bicyclic) bond motifs is 6. The number of hydrogen-bond acceptors (Lipinski definition) is 4. The molecule has 4 nitrogen and oxygen atoms in total. The zero-order chi connectivity index (χ0) is 24.9. The molecule has 0 aromatic rings. The van der Waals surface area contributed by atoms with Crippen LogP contribution in [0.2, 0.25) is 0 Å². The van der Waals surface area contributed by atoms with Crippen molar-refractivity contribution in [2.75, 3.05) is 6.61 Å². The number of rotatable bonds is 2. The first kappa shape index (κ1) is 25.2. The summed E-state index contributed by atoms with van der Waals surface area (Å²) in [6.45, 7) is 14.0. The maximum atomic E-state index is 13.1. The molecule has 5 aliphatic rings. The van der Waals surface area contributed by atoms with Crippen LogP contribution >= 0.6 is 0 Å². The summed E-state index contributed by atoms with van der Waals surface area (Å²) in [6, 6.07) is 0. The quantitative estimate of drug-likeness (QED) is 0.470. The maximum Gasteiger partial charge on any atom is 0.126 e. The molecule has 5 rings (SSSR count). The number of hydrogen-bond donors (Lipinski definition) is 3. The van der Waals surface area contributed by atoms with E-state index >= 15 is 0 Å². The maximum absolute atomic E-state index is 13.1. The van der Waals surface area contributed by atoms with E-state index in [9.17, 15) is 20.1 Å². The van der Waals surface area contributed by atoms with Crippen LogP contribution in [0.15, 0.2) is 0 Å². The van der Waals surface area contributed by atoms with Crippen LogP contribution in [0.1, 0.15) is 106 Å². The van der Waals surface area contributed by atoms with Crippen molar-refractivity contribution in [2.45, 2.75) is 118 Å². The van der Waals surface area contributed by atoms with E-state index in [0.717, 1.165) is 64.2 Å². The van der Waals surface area contributed by atoms with Crippen molar-refractivity contribution in [1.82, 2.24) is 0 Å². The zero-order valence-electron chi connectivity index (χ0n) is 22.6. The van der Waals surface area contributed by atoms with Crippen molar-refractivity contribution in [3.05, 3.63) is 0 Å². The highest BCUT2D eigenvalue weighted by Gasteiger charge is 2.70. The second kappa shape index (κ2) is 7.54. The van der Waals surface area contributed by atoms with Gasteiger partial charge in [0.1, 0.15) is 6.29 Å². The van der Waals surface area contributed by atoms with Crippen LogP contribution in [0.3, 0.4) is 0 Å². The van der Waals surface area contributed by atoms with Gasteiger partial charge in [-0.1, -0.05) is 41.5 Å². The monoisotopic (exact) mass is 474 g/mol. The second-order valence-corrected chi connectivity index (χ2v) is 15.3. The summed E-state index contributed by atoms with van der Waals surface area (Å²) in [5, 5.41) is 32.2. The minimum atomic E-state index is -0.431. The summed E-state index contributed by atoms with van der Waals surface area (Å²) in [7, 11) is 0. The Hall–Kier alpha value is -0.450. The molecule has 11 atom stereocenters. The van der Waals surface area contributed by atoms with Crippen LogP contribution in [-0.4, -0.2) is 40.4 Å². The van der Waals surface area contributed by atoms with Crippen LogP contribution in [0.4, 0.5) is 0 Å². The lowest BCUT2D eigenvalue weighted by molar-refractivity contribution is -0.192. The molecule has 0 bridgehead atoms. The fourth-order valence-corrected chi connectivity index (χ4v) is 11.8. The van der Waals surface area contributed by atoms with E-state index in [1.807, 2.05) is 0 Å². The highest BCUT2D eigenvalue weighted by molar-refractivity contribution is 5.62. The number of aliphatic hydroxyl groups excluding tert-OH is 3. The molecule has 0 unspecified atom stereocenters. The molecule has 0 saturated heterocycles. The van der Waals surface area contributed by atoms with E-state index in [0.29, 0.717) is 23.7 Å². The average molecular weight is 475 g/mol. The van der Waals surface area contributed by atoms with Gasteiger partial charge in [0, 0.05) is 10.8 Å². The lowest BCUT2D eigenvalue weighted by Gasteiger charge is -2.64. The Bertz CT molecular complexity index is 840. The number of carbonyl (C=O) groups excluding carboxylic acids is 1. The Kier molecular flexibility index (Phi) is 5.59. The third kappa shape index (κ3) is 2.97. The van der Waals surface area contributed by atoms with Gasteiger partial charge in [0.05, 0.1) is 18.8 Å². The molecule has 4 heteroatoms. The second-order valence-electron chi connectivity index (χ2n) is 15.3. The third-order valence-corrected chi connectivity index (χ3v) is 13.6. The van der Waals surface area contributed by atoms with Crippen LogP contribution in [0.25, 0.3) is 0 Å². The molecule has 34 heavy (non-hydrogen) atoms. The Morgan fingerprint density at radius 2 is 1.32 bits per heavy atom. The largest absolute Gasteiger partial charge is 0.396 e. The summed E-state index contributed by atoms with van der Waals surface area (Å²) < 4.78 is 0. The van der Waals surface area contributed by atoms with Crippen molar-refractivity contribution in [3.63, 3.8) is 0 Å². The smallest absolute Gasteiger partial charge is 0.126 e. The van der Waals surface area contributed by atoms with Crippen molar-refractivity contribution >= 4 is 6.29 Å². The van der Waals surface area contributed by atoms with Crippen LogP contribution in [0.5, 0.6) is 0 Å². The van der Waals surface area contributed by atoms with Gasteiger partial charge in [-0.25, -0.2) is 0 Å². The first-order chi connectivity index (χ1) is 15.7. The Morgan fingerprint density at radius 1 is 0.735 bits per heavy atom. The molecule has 3 N–H and O–H groups in total. The van der Waals surface area contributed by atoms with Crippen LogP contribution < -0.4 is 0 Å². The minimum Gasteiger partial charge on any atom is -0.396 e. The number of carbonyl (C=O) groups is 1. The molecule has 0 aromatic heterocycles. The molecular weight excluding hydrogens is 424 g/mol. The Balaban J connectivity index is 1.55. The molecule has 5 aliphatic carbocycles. The number of aldehydes is 1. The Labute approximate surface area is 207 Å². The topological polar surface area (TPSA) is 77.8 Å². The third-order valence-electron chi connectivity index (χ3n) is 13.6. The zero-order valence-corrected chi connectivity index (χ0v) is 22.6. The van der Waals surface area contributed by atoms with Gasteiger partial charge in [-0.05, 0) is 110 Å². The van der Waals surface area contributed by atoms with Crippen LogP contribution in [-0.2, 0) is 4.79 Å². The van der Waals surface area contributed by atoms with Gasteiger partial charge in [-0.2, -0.15) is 0 Å². The van der Waals surface area contributed by atoms with E-state index in [1.165, 1.54) is 6.29 Å². The van der Waals surface area contributed by atoms with Gasteiger partial charge in [0.2, 0.25) is 0 Å². The normalized spacial score (nSPS) is 58.6. The van der Waals surface area contributed by atoms with E-state index in [-0.39, 0.29) is 39.8 Å². The predicted octanol–water partition coefficient (Wildman–Crippen LogP) is 5.37. The van der Waals surface area contributed by atoms with Gasteiger partial charge in [0.25, 0.3) is 0 Å². The molecule has 0 aliphatic heterocycles. The number of aliphatic hydroxyl groups is 3. The summed E-state index contributed by atoms with van der Waals surface area (Å²) in [6.07, 6.45) is 10.6. The molecule has 0 spiro atoms. The lowest BCUT2D eigenvalue weighted by atomic mass is 9.41. The minimum absolute atomic E-state index is 0.0515. The average Bonchev–Trinajstić information content (AvgIpc) is 2.93. The predicted molar refractivity (Wildman–Crippen MR) is 134 cm³/mol. The summed E-state index contributed by atoms with van der Waals surface area (Å²) in [5.74, 6) is 1.61. The van der Waals surface area contributed by atoms with Gasteiger partial charge in [-0.15, -0.1) is 0 Å². The highest BCUT2D eigenvalue weighted by atomic mass is 16.3. The molecule has 0 heterocycles. The van der Waals surface area contributed by atoms with E-state index in [4.69, 9.17) is 0 Å². The summed E-state index contributed by atoms with van der Waals surface area (Å²) in [4.78, 5) is 13.1. The lowest BCUT2D eigenvalue weighted by Crippen LogP contribution is -2.60. The first-order valence-electron chi connectivity index (χ1n) is 14.2. The van der Waals surface area contributed by atoms with E-state index < -0.39 is 11.5 Å². The van der Waals surface area contributed by atoms with Crippen molar-refractivity contribution < 1.29 is 20.1 Å². The first-order valence-corrected chi connectivity index (χ1v) is 14.2. The molecule has 0 amide bonds. The summed E-state index contributed by atoms with van der Waals surface area (Å²) in [5.41, 5.74) is -0.569. The van der Waals surface area contributed by atoms with Crippen molar-refractivity contribution in [3.8, 4) is 0 Å². The van der Waals surface area contributed by atoms with Crippen molar-refractivity contribution in [2.24, 2.45) is 56.2 Å². The fourth-order valence-electron chi connectivity index (χ4n) is 11.8. The van der Waals surface area contributed by atoms with Gasteiger partial charge in [0.15, 0.2) is 0 Å². The van der Waals surface area contributed by atoms with Crippen molar-refractivity contribution in [1.29, 1.82) is 0 Å².